The van der Waals surface area contributed by atoms with Crippen LogP contribution in [-0.2, 0) is 4.74 Å². The second kappa shape index (κ2) is 7.44. The number of phenols is 1. The second-order valence-corrected chi connectivity index (χ2v) is 7.04. The van der Waals surface area contributed by atoms with Crippen molar-refractivity contribution in [3.63, 3.8) is 0 Å². The van der Waals surface area contributed by atoms with Gasteiger partial charge in [0.2, 0.25) is 5.95 Å². The maximum atomic E-state index is 9.47. The van der Waals surface area contributed by atoms with Crippen LogP contribution in [0.25, 0.3) is 11.0 Å². The van der Waals surface area contributed by atoms with Crippen molar-refractivity contribution < 1.29 is 9.84 Å². The van der Waals surface area contributed by atoms with Gasteiger partial charge in [0.1, 0.15) is 17.1 Å². The summed E-state index contributed by atoms with van der Waals surface area (Å²) in [5.41, 5.74) is 3.66. The van der Waals surface area contributed by atoms with Crippen LogP contribution in [0, 0.1) is 0 Å². The Kier molecular flexibility index (Phi) is 4.50. The first-order valence-electron chi connectivity index (χ1n) is 9.60. The summed E-state index contributed by atoms with van der Waals surface area (Å²) in [5, 5.41) is 16.2. The number of imidazole rings is 1. The fourth-order valence-corrected chi connectivity index (χ4v) is 3.59. The zero-order valence-corrected chi connectivity index (χ0v) is 15.7. The van der Waals surface area contributed by atoms with Crippen molar-refractivity contribution in [2.24, 2.45) is 0 Å². The van der Waals surface area contributed by atoms with Crippen molar-refractivity contribution in [1.82, 2.24) is 14.5 Å². The van der Waals surface area contributed by atoms with Crippen LogP contribution in [0.3, 0.4) is 0 Å². The minimum absolute atomic E-state index is 0.218. The molecule has 7 nitrogen and oxygen atoms in total. The molecule has 2 aromatic heterocycles. The average molecular weight is 387 g/mol. The van der Waals surface area contributed by atoms with E-state index in [1.54, 1.807) is 18.3 Å². The highest BCUT2D eigenvalue weighted by Gasteiger charge is 2.24. The number of fused-ring (bicyclic) bond motifs is 1. The number of benzene rings is 2. The number of phenolic OH excluding ortho intramolecular Hbond substituents is 1. The zero-order chi connectivity index (χ0) is 19.6. The number of hydrogen-bond acceptors (Lipinski definition) is 6. The standard InChI is InChI=1S/C22H21N5O2/c28-18-8-6-16(7-9-18)24-21-12-20-19(13-23-21)26-22(25-15-4-2-1-3-5-15)27(20)17-10-11-29-14-17/h1-9,12-13,17,28H,10-11,14H2,(H,23,24)(H,25,26)/t17-/m0/s1. The predicted molar refractivity (Wildman–Crippen MR) is 113 cm³/mol. The second-order valence-electron chi connectivity index (χ2n) is 7.04. The van der Waals surface area contributed by atoms with Crippen LogP contribution in [-0.4, -0.2) is 32.9 Å². The third kappa shape index (κ3) is 3.60. The van der Waals surface area contributed by atoms with Crippen LogP contribution >= 0.6 is 0 Å². The van der Waals surface area contributed by atoms with Gasteiger partial charge < -0.3 is 25.0 Å². The Morgan fingerprint density at radius 3 is 2.55 bits per heavy atom. The number of pyridine rings is 1. The molecule has 7 heteroatoms. The topological polar surface area (TPSA) is 84.2 Å². The van der Waals surface area contributed by atoms with Gasteiger partial charge in [-0.3, -0.25) is 0 Å². The molecule has 0 spiro atoms. The molecule has 0 saturated carbocycles. The van der Waals surface area contributed by atoms with Gasteiger partial charge >= 0.3 is 0 Å². The van der Waals surface area contributed by atoms with Crippen molar-refractivity contribution in [2.75, 3.05) is 23.8 Å². The molecule has 0 aliphatic carbocycles. The molecule has 1 fully saturated rings. The Hall–Kier alpha value is -3.58. The SMILES string of the molecule is Oc1ccc(Nc2cc3c(cn2)nc(Nc2ccccc2)n3[C@H]2CCOC2)cc1. The summed E-state index contributed by atoms with van der Waals surface area (Å²) in [5.74, 6) is 1.73. The maximum Gasteiger partial charge on any atom is 0.208 e. The van der Waals surface area contributed by atoms with Gasteiger partial charge in [0.25, 0.3) is 0 Å². The minimum Gasteiger partial charge on any atom is -0.508 e. The van der Waals surface area contributed by atoms with Crippen molar-refractivity contribution in [1.29, 1.82) is 0 Å². The van der Waals surface area contributed by atoms with Crippen molar-refractivity contribution in [3.8, 4) is 5.75 Å². The molecule has 1 atom stereocenters. The van der Waals surface area contributed by atoms with E-state index < -0.39 is 0 Å². The number of nitrogens with one attached hydrogen (secondary N) is 2. The monoisotopic (exact) mass is 387 g/mol. The molecule has 1 saturated heterocycles. The Bertz CT molecular complexity index is 1120. The molecule has 2 aromatic carbocycles. The first-order valence-corrected chi connectivity index (χ1v) is 9.60. The Morgan fingerprint density at radius 1 is 1.00 bits per heavy atom. The van der Waals surface area contributed by atoms with Gasteiger partial charge in [-0.1, -0.05) is 18.2 Å². The molecule has 4 aromatic rings. The highest BCUT2D eigenvalue weighted by atomic mass is 16.5. The molecule has 3 heterocycles. The minimum atomic E-state index is 0.218. The third-order valence-corrected chi connectivity index (χ3v) is 5.02. The smallest absolute Gasteiger partial charge is 0.208 e. The number of ether oxygens (including phenoxy) is 1. The van der Waals surface area contributed by atoms with E-state index in [1.807, 2.05) is 48.5 Å². The largest absolute Gasteiger partial charge is 0.508 e. The van der Waals surface area contributed by atoms with Gasteiger partial charge in [0.15, 0.2) is 0 Å². The van der Waals surface area contributed by atoms with E-state index in [1.165, 1.54) is 0 Å². The van der Waals surface area contributed by atoms with Gasteiger partial charge in [-0.2, -0.15) is 0 Å². The molecule has 3 N–H and O–H groups in total. The van der Waals surface area contributed by atoms with E-state index in [0.717, 1.165) is 47.2 Å². The van der Waals surface area contributed by atoms with Crippen LogP contribution in [0.15, 0.2) is 66.9 Å². The molecule has 0 unspecified atom stereocenters. The van der Waals surface area contributed by atoms with Gasteiger partial charge in [0.05, 0.1) is 24.4 Å². The first kappa shape index (κ1) is 17.5. The molecular weight excluding hydrogens is 366 g/mol. The Morgan fingerprint density at radius 2 is 1.79 bits per heavy atom. The summed E-state index contributed by atoms with van der Waals surface area (Å²) in [6.07, 6.45) is 2.72. The highest BCUT2D eigenvalue weighted by Crippen LogP contribution is 2.32. The van der Waals surface area contributed by atoms with Crippen molar-refractivity contribution in [2.45, 2.75) is 12.5 Å². The van der Waals surface area contributed by atoms with Gasteiger partial charge in [0, 0.05) is 24.0 Å². The molecule has 29 heavy (non-hydrogen) atoms. The fourth-order valence-electron chi connectivity index (χ4n) is 3.59. The van der Waals surface area contributed by atoms with Crippen LogP contribution in [0.4, 0.5) is 23.1 Å². The lowest BCUT2D eigenvalue weighted by molar-refractivity contribution is 0.187. The number of anilines is 4. The highest BCUT2D eigenvalue weighted by molar-refractivity contribution is 5.82. The molecule has 0 amide bonds. The Balaban J connectivity index is 1.54. The van der Waals surface area contributed by atoms with Crippen LogP contribution in [0.2, 0.25) is 0 Å². The normalized spacial score (nSPS) is 16.2. The molecule has 1 aliphatic rings. The summed E-state index contributed by atoms with van der Waals surface area (Å²) in [6.45, 7) is 1.41. The number of para-hydroxylation sites is 1. The molecular formula is C22H21N5O2. The first-order chi connectivity index (χ1) is 14.3. The summed E-state index contributed by atoms with van der Waals surface area (Å²) < 4.78 is 7.85. The lowest BCUT2D eigenvalue weighted by atomic mass is 10.2. The molecule has 1 aliphatic heterocycles. The summed E-state index contributed by atoms with van der Waals surface area (Å²) in [4.78, 5) is 9.29. The number of hydrogen-bond donors (Lipinski definition) is 3. The van der Waals surface area contributed by atoms with Gasteiger partial charge in [-0.15, -0.1) is 0 Å². The summed E-state index contributed by atoms with van der Waals surface area (Å²) in [7, 11) is 0. The van der Waals surface area contributed by atoms with E-state index in [9.17, 15) is 5.11 Å². The van der Waals surface area contributed by atoms with Crippen molar-refractivity contribution >= 4 is 34.2 Å². The number of nitrogens with zero attached hydrogens (tertiary/aromatic N) is 3. The summed E-state index contributed by atoms with van der Waals surface area (Å²) >= 11 is 0. The van der Waals surface area contributed by atoms with Crippen LogP contribution in [0.1, 0.15) is 12.5 Å². The maximum absolute atomic E-state index is 9.47. The molecule has 0 bridgehead atoms. The number of aromatic hydroxyl groups is 1. The van der Waals surface area contributed by atoms with E-state index in [0.29, 0.717) is 6.61 Å². The lowest BCUT2D eigenvalue weighted by Gasteiger charge is -2.16. The fraction of sp³-hybridized carbons (Fsp3) is 0.182. The van der Waals surface area contributed by atoms with Crippen LogP contribution in [0.5, 0.6) is 5.75 Å². The van der Waals surface area contributed by atoms with Crippen molar-refractivity contribution in [3.05, 3.63) is 66.9 Å². The number of rotatable bonds is 5. The van der Waals surface area contributed by atoms with Crippen LogP contribution < -0.4 is 10.6 Å². The molecule has 0 radical (unpaired) electrons. The molecule has 146 valence electrons. The van der Waals surface area contributed by atoms with Gasteiger partial charge in [-0.25, -0.2) is 9.97 Å². The predicted octanol–water partition coefficient (Wildman–Crippen LogP) is 4.59. The van der Waals surface area contributed by atoms with E-state index >= 15 is 0 Å². The van der Waals surface area contributed by atoms with E-state index in [2.05, 4.69) is 20.2 Å². The Labute approximate surface area is 168 Å². The van der Waals surface area contributed by atoms with Gasteiger partial charge in [-0.05, 0) is 42.8 Å². The van der Waals surface area contributed by atoms with E-state index in [4.69, 9.17) is 9.72 Å². The molecule has 5 rings (SSSR count). The lowest BCUT2D eigenvalue weighted by Crippen LogP contribution is -2.12. The summed E-state index contributed by atoms with van der Waals surface area (Å²) in [6, 6.07) is 19.1. The van der Waals surface area contributed by atoms with E-state index in [-0.39, 0.29) is 11.8 Å². The quantitative estimate of drug-likeness (QED) is 0.435. The average Bonchev–Trinajstić information content (AvgIpc) is 3.38. The third-order valence-electron chi connectivity index (χ3n) is 5.02. The number of aromatic nitrogens is 3. The zero-order valence-electron chi connectivity index (χ0n) is 15.7.